The number of rotatable bonds is 4. The predicted octanol–water partition coefficient (Wildman–Crippen LogP) is 6.12. The molecule has 0 bridgehead atoms. The van der Waals surface area contributed by atoms with Crippen LogP contribution in [0.2, 0.25) is 0 Å². The van der Waals surface area contributed by atoms with Crippen molar-refractivity contribution in [1.82, 2.24) is 0 Å². The van der Waals surface area contributed by atoms with Gasteiger partial charge in [0.05, 0.1) is 7.11 Å². The van der Waals surface area contributed by atoms with Crippen LogP contribution in [0, 0.1) is 13.8 Å². The summed E-state index contributed by atoms with van der Waals surface area (Å²) in [6.07, 6.45) is 6.04. The molecule has 2 aromatic rings. The molecule has 2 aromatic carbocycles. The van der Waals surface area contributed by atoms with Crippen molar-refractivity contribution in [2.75, 3.05) is 7.11 Å². The van der Waals surface area contributed by atoms with E-state index >= 15 is 0 Å². The van der Waals surface area contributed by atoms with Crippen molar-refractivity contribution in [3.63, 3.8) is 0 Å². The molecule has 3 heteroatoms. The summed E-state index contributed by atoms with van der Waals surface area (Å²) in [5.41, 5.74) is 4.87. The highest BCUT2D eigenvalue weighted by atomic mass is 16.5. The summed E-state index contributed by atoms with van der Waals surface area (Å²) in [6, 6.07) is 12.9. The Morgan fingerprint density at radius 2 is 1.41 bits per heavy atom. The van der Waals surface area contributed by atoms with Crippen molar-refractivity contribution in [2.24, 2.45) is 0 Å². The zero-order valence-electron chi connectivity index (χ0n) is 16.2. The lowest BCUT2D eigenvalue weighted by molar-refractivity contribution is -0.131. The number of benzene rings is 2. The van der Waals surface area contributed by atoms with Gasteiger partial charge in [0.1, 0.15) is 11.5 Å². The molecule has 0 unspecified atom stereocenters. The van der Waals surface area contributed by atoms with Gasteiger partial charge in [0.25, 0.3) is 0 Å². The molecule has 146 valence electrons. The number of esters is 1. The number of hydrogen-bond acceptors (Lipinski definition) is 3. The van der Waals surface area contributed by atoms with Crippen molar-refractivity contribution in [3.05, 3.63) is 58.7 Å². The second-order valence-electron chi connectivity index (χ2n) is 7.40. The maximum Gasteiger partial charge on any atom is 0.308 e. The van der Waals surface area contributed by atoms with Gasteiger partial charge >= 0.3 is 5.97 Å². The summed E-state index contributed by atoms with van der Waals surface area (Å²) in [6.45, 7) is 5.56. The maximum absolute atomic E-state index is 11.3. The normalized spacial score (nSPS) is 15.6. The monoisotopic (exact) mass is 368 g/mol. The van der Waals surface area contributed by atoms with Gasteiger partial charge in [0.2, 0.25) is 0 Å². The second-order valence-corrected chi connectivity index (χ2v) is 7.40. The smallest absolute Gasteiger partial charge is 0.308 e. The number of ether oxygens (including phenoxy) is 2. The van der Waals surface area contributed by atoms with Gasteiger partial charge in [0.15, 0.2) is 0 Å². The first-order chi connectivity index (χ1) is 12.5. The summed E-state index contributed by atoms with van der Waals surface area (Å²) in [4.78, 5) is 11.3. The number of carbonyl (C=O) groups is 1. The largest absolute Gasteiger partial charge is 0.496 e. The van der Waals surface area contributed by atoms with Crippen LogP contribution in [-0.2, 0) is 10.2 Å². The minimum absolute atomic E-state index is 0. The van der Waals surface area contributed by atoms with Gasteiger partial charge in [-0.15, -0.1) is 0 Å². The molecule has 1 fully saturated rings. The topological polar surface area (TPSA) is 35.5 Å². The van der Waals surface area contributed by atoms with E-state index in [-0.39, 0.29) is 18.8 Å². The summed E-state index contributed by atoms with van der Waals surface area (Å²) >= 11 is 0. The molecule has 3 nitrogen and oxygen atoms in total. The van der Waals surface area contributed by atoms with Crippen LogP contribution >= 0.6 is 0 Å². The van der Waals surface area contributed by atoms with E-state index in [4.69, 9.17) is 9.47 Å². The second kappa shape index (κ2) is 8.60. The SMILES string of the molecule is C.COc1ccc(C2(c3ccc(OC(C)=O)c(C)c3)CCCCC2)cc1C. The third-order valence-corrected chi connectivity index (χ3v) is 5.64. The van der Waals surface area contributed by atoms with E-state index in [1.807, 2.05) is 13.0 Å². The molecule has 0 heterocycles. The Kier molecular flexibility index (Phi) is 6.69. The first-order valence-electron chi connectivity index (χ1n) is 9.41. The molecule has 1 aliphatic rings. The molecule has 3 rings (SSSR count). The molecule has 0 saturated heterocycles. The standard InChI is InChI=1S/C23H28O3.CH4/c1-16-14-19(8-10-21(16)25-4)23(12-6-5-7-13-23)20-9-11-22(17(2)15-20)26-18(3)24;/h8-11,14-15H,5-7,12-13H2,1-4H3;1H4. The van der Waals surface area contributed by atoms with E-state index in [9.17, 15) is 4.79 Å². The average Bonchev–Trinajstić information content (AvgIpc) is 2.63. The molecule has 0 spiro atoms. The fourth-order valence-corrected chi connectivity index (χ4v) is 4.29. The lowest BCUT2D eigenvalue weighted by Gasteiger charge is -2.39. The third kappa shape index (κ3) is 4.18. The molecule has 1 aliphatic carbocycles. The molecule has 0 amide bonds. The molecule has 27 heavy (non-hydrogen) atoms. The van der Waals surface area contributed by atoms with Crippen LogP contribution in [0.25, 0.3) is 0 Å². The Morgan fingerprint density at radius 1 is 0.889 bits per heavy atom. The van der Waals surface area contributed by atoms with Gasteiger partial charge in [-0.1, -0.05) is 51.0 Å². The van der Waals surface area contributed by atoms with Crippen LogP contribution in [0.4, 0.5) is 0 Å². The highest BCUT2D eigenvalue weighted by molar-refractivity contribution is 5.70. The van der Waals surface area contributed by atoms with E-state index in [1.165, 1.54) is 42.9 Å². The summed E-state index contributed by atoms with van der Waals surface area (Å²) in [7, 11) is 1.72. The van der Waals surface area contributed by atoms with Crippen LogP contribution < -0.4 is 9.47 Å². The van der Waals surface area contributed by atoms with Crippen LogP contribution in [0.5, 0.6) is 11.5 Å². The van der Waals surface area contributed by atoms with Crippen LogP contribution in [0.3, 0.4) is 0 Å². The molecule has 1 saturated carbocycles. The number of hydrogen-bond donors (Lipinski definition) is 0. The van der Waals surface area contributed by atoms with Gasteiger partial charge in [-0.3, -0.25) is 4.79 Å². The quantitative estimate of drug-likeness (QED) is 0.481. The van der Waals surface area contributed by atoms with E-state index in [0.29, 0.717) is 5.75 Å². The molecule has 0 N–H and O–H groups in total. The Morgan fingerprint density at radius 3 is 1.85 bits per heavy atom. The van der Waals surface area contributed by atoms with Crippen molar-refractivity contribution in [1.29, 1.82) is 0 Å². The predicted molar refractivity (Wildman–Crippen MR) is 111 cm³/mol. The Labute approximate surface area is 163 Å². The fourth-order valence-electron chi connectivity index (χ4n) is 4.29. The molecular formula is C24H32O3. The lowest BCUT2D eigenvalue weighted by atomic mass is 9.65. The number of methoxy groups -OCH3 is 1. The van der Waals surface area contributed by atoms with Gasteiger partial charge in [-0.2, -0.15) is 0 Å². The third-order valence-electron chi connectivity index (χ3n) is 5.64. The summed E-state index contributed by atoms with van der Waals surface area (Å²) in [5.74, 6) is 1.30. The lowest BCUT2D eigenvalue weighted by Crippen LogP contribution is -2.30. The molecule has 0 radical (unpaired) electrons. The first-order valence-corrected chi connectivity index (χ1v) is 9.41. The van der Waals surface area contributed by atoms with Crippen LogP contribution in [0.1, 0.15) is 68.7 Å². The van der Waals surface area contributed by atoms with Crippen molar-refractivity contribution in [3.8, 4) is 11.5 Å². The molecular weight excluding hydrogens is 336 g/mol. The molecule has 0 atom stereocenters. The van der Waals surface area contributed by atoms with Crippen molar-refractivity contribution >= 4 is 5.97 Å². The average molecular weight is 369 g/mol. The minimum Gasteiger partial charge on any atom is -0.496 e. The molecule has 0 aliphatic heterocycles. The van der Waals surface area contributed by atoms with E-state index in [2.05, 4.69) is 37.3 Å². The number of carbonyl (C=O) groups excluding carboxylic acids is 1. The fraction of sp³-hybridized carbons (Fsp3) is 0.458. The Balaban J connectivity index is 0.00000261. The maximum atomic E-state index is 11.3. The highest BCUT2D eigenvalue weighted by Gasteiger charge is 2.36. The van der Waals surface area contributed by atoms with Gasteiger partial charge in [0, 0.05) is 12.3 Å². The summed E-state index contributed by atoms with van der Waals surface area (Å²) < 4.78 is 10.8. The summed E-state index contributed by atoms with van der Waals surface area (Å²) in [5, 5.41) is 0. The highest BCUT2D eigenvalue weighted by Crippen LogP contribution is 2.46. The van der Waals surface area contributed by atoms with Crippen LogP contribution in [-0.4, -0.2) is 13.1 Å². The van der Waals surface area contributed by atoms with Gasteiger partial charge in [-0.05, 0) is 61.1 Å². The first kappa shape index (κ1) is 21.0. The van der Waals surface area contributed by atoms with Crippen molar-refractivity contribution in [2.45, 2.75) is 65.7 Å². The minimum atomic E-state index is -0.279. The number of aryl methyl sites for hydroxylation is 2. The zero-order valence-corrected chi connectivity index (χ0v) is 16.2. The van der Waals surface area contributed by atoms with E-state index in [1.54, 1.807) is 7.11 Å². The van der Waals surface area contributed by atoms with Gasteiger partial charge < -0.3 is 9.47 Å². The Hall–Kier alpha value is -2.29. The van der Waals surface area contributed by atoms with Crippen LogP contribution in [0.15, 0.2) is 36.4 Å². The zero-order chi connectivity index (χ0) is 18.7. The van der Waals surface area contributed by atoms with E-state index in [0.717, 1.165) is 24.2 Å². The van der Waals surface area contributed by atoms with E-state index < -0.39 is 0 Å². The van der Waals surface area contributed by atoms with Crippen molar-refractivity contribution < 1.29 is 14.3 Å². The van der Waals surface area contributed by atoms with Gasteiger partial charge in [-0.25, -0.2) is 0 Å². The molecule has 0 aromatic heterocycles. The Bertz CT molecular complexity index is 801.